The van der Waals surface area contributed by atoms with Gasteiger partial charge in [-0.2, -0.15) is 0 Å². The van der Waals surface area contributed by atoms with Gasteiger partial charge in [-0.05, 0) is 141 Å². The zero-order chi connectivity index (χ0) is 70.4. The zero-order valence-electron chi connectivity index (χ0n) is 55.5. The lowest BCUT2D eigenvalue weighted by molar-refractivity contribution is 0.0510. The van der Waals surface area contributed by atoms with Gasteiger partial charge in [0.25, 0.3) is 17.7 Å². The number of ether oxygens (including phenoxy) is 3. The number of aromatic nitrogens is 6. The van der Waals surface area contributed by atoms with Crippen LogP contribution in [0.2, 0.25) is 0 Å². The third-order valence-corrected chi connectivity index (χ3v) is 17.5. The van der Waals surface area contributed by atoms with Crippen molar-refractivity contribution in [3.05, 3.63) is 210 Å². The molecule has 0 saturated carbocycles. The maximum absolute atomic E-state index is 13.5. The van der Waals surface area contributed by atoms with Crippen molar-refractivity contribution in [2.45, 2.75) is 97.2 Å². The number of aromatic amines is 5. The van der Waals surface area contributed by atoms with Crippen LogP contribution in [0, 0.1) is 0 Å². The van der Waals surface area contributed by atoms with Crippen molar-refractivity contribution in [3.8, 4) is 0 Å². The molecule has 6 amide bonds. The van der Waals surface area contributed by atoms with Crippen LogP contribution in [0.1, 0.15) is 128 Å². The fourth-order valence-corrected chi connectivity index (χ4v) is 12.6. The smallest absolute Gasteiger partial charge is 0.407 e. The Morgan fingerprint density at radius 2 is 0.735 bits per heavy atom. The minimum absolute atomic E-state index is 0.161. The first-order chi connectivity index (χ1) is 46.4. The van der Waals surface area contributed by atoms with Gasteiger partial charge in [0.05, 0.1) is 34.8 Å². The van der Waals surface area contributed by atoms with E-state index in [4.69, 9.17) is 14.2 Å². The number of benzene rings is 6. The Balaban J connectivity index is 0.000000159. The van der Waals surface area contributed by atoms with Crippen molar-refractivity contribution < 1.29 is 43.0 Å². The van der Waals surface area contributed by atoms with Gasteiger partial charge in [0.2, 0.25) is 0 Å². The summed E-state index contributed by atoms with van der Waals surface area (Å²) in [5.74, 6) is -0.704. The molecule has 3 atom stereocenters. The second kappa shape index (κ2) is 30.2. The molecule has 6 aromatic heterocycles. The van der Waals surface area contributed by atoms with Crippen LogP contribution >= 0.6 is 63.7 Å². The third kappa shape index (κ3) is 18.1. The van der Waals surface area contributed by atoms with E-state index >= 15 is 0 Å². The van der Waals surface area contributed by atoms with E-state index in [0.717, 1.165) is 100.0 Å². The summed E-state index contributed by atoms with van der Waals surface area (Å²) >= 11 is 14.0. The SMILES string of the molecule is CC(C)(C)OC(=O)NCC(NC(=O)c1c[nH]c2ccc(Br)cc12)c1c[nH]c2cc(Br)ccc12.CC(C)(C)OC(=O)NCC(NC(=O)c1c[nH]c2ccccc12)c1c[nH]c2ccccc12.Cn1cc(C(=O)NC(CNC(=O)OC(C)(C)C)c2c[nH]c3ccc(Br)cc23)c2cc(Br)ccc21. The molecule has 0 aliphatic heterocycles. The van der Waals surface area contributed by atoms with Crippen molar-refractivity contribution in [2.75, 3.05) is 19.6 Å². The summed E-state index contributed by atoms with van der Waals surface area (Å²) in [7, 11) is 1.91. The van der Waals surface area contributed by atoms with Crippen molar-refractivity contribution in [1.82, 2.24) is 61.4 Å². The number of nitrogens with zero attached hydrogens (tertiary/aromatic N) is 1. The predicted molar refractivity (Wildman–Crippen MR) is 399 cm³/mol. The zero-order valence-corrected chi connectivity index (χ0v) is 61.8. The van der Waals surface area contributed by atoms with E-state index in [1.807, 2.05) is 199 Å². The second-order valence-electron chi connectivity index (χ2n) is 26.3. The van der Waals surface area contributed by atoms with E-state index in [0.29, 0.717) is 16.7 Å². The lowest BCUT2D eigenvalue weighted by atomic mass is 10.0. The molecule has 0 aliphatic rings. The molecule has 12 aromatic rings. The molecular weight excluding hydrogens is 1510 g/mol. The molecule has 25 heteroatoms. The predicted octanol–water partition coefficient (Wildman–Crippen LogP) is 17.0. The quantitative estimate of drug-likeness (QED) is 0.0435. The second-order valence-corrected chi connectivity index (χ2v) is 30.0. The van der Waals surface area contributed by atoms with E-state index in [1.54, 1.807) is 33.2 Å². The minimum atomic E-state index is -0.620. The number of amides is 6. The van der Waals surface area contributed by atoms with Crippen LogP contribution in [-0.4, -0.2) is 102 Å². The molecule has 11 N–H and O–H groups in total. The van der Waals surface area contributed by atoms with Crippen LogP contribution in [0.25, 0.3) is 65.4 Å². The number of H-pyrrole nitrogens is 5. The van der Waals surface area contributed by atoms with Gasteiger partial charge in [0, 0.05) is 164 Å². The van der Waals surface area contributed by atoms with Crippen LogP contribution < -0.4 is 31.9 Å². The summed E-state index contributed by atoms with van der Waals surface area (Å²) in [5.41, 5.74) is 7.93. The summed E-state index contributed by atoms with van der Waals surface area (Å²) in [6.45, 7) is 16.8. The van der Waals surface area contributed by atoms with Crippen LogP contribution in [0.5, 0.6) is 0 Å². The number of hydrogen-bond acceptors (Lipinski definition) is 9. The highest BCUT2D eigenvalue weighted by Crippen LogP contribution is 2.33. The number of rotatable bonds is 15. The van der Waals surface area contributed by atoms with E-state index in [2.05, 4.69) is 121 Å². The average molecular weight is 1590 g/mol. The number of aryl methyl sites for hydroxylation is 1. The Bertz CT molecular complexity index is 4930. The number of halogens is 4. The first kappa shape index (κ1) is 71.5. The summed E-state index contributed by atoms with van der Waals surface area (Å²) < 4.78 is 21.7. The van der Waals surface area contributed by atoms with Crippen LogP contribution in [-0.2, 0) is 21.3 Å². The van der Waals surface area contributed by atoms with Gasteiger partial charge in [0.1, 0.15) is 16.8 Å². The number of alkyl carbamates (subject to hydrolysis) is 3. The van der Waals surface area contributed by atoms with Crippen LogP contribution in [0.4, 0.5) is 14.4 Å². The van der Waals surface area contributed by atoms with Crippen molar-refractivity contribution in [1.29, 1.82) is 0 Å². The molecular formula is C73H76Br4N12O9. The number of hydrogen-bond donors (Lipinski definition) is 11. The molecule has 0 saturated heterocycles. The van der Waals surface area contributed by atoms with Gasteiger partial charge in [-0.15, -0.1) is 0 Å². The maximum atomic E-state index is 13.5. The summed E-state index contributed by atoms with van der Waals surface area (Å²) in [5, 5.41) is 23.0. The van der Waals surface area contributed by atoms with Gasteiger partial charge in [-0.3, -0.25) is 14.4 Å². The highest BCUT2D eigenvalue weighted by atomic mass is 79.9. The van der Waals surface area contributed by atoms with E-state index in [1.165, 1.54) is 0 Å². The maximum Gasteiger partial charge on any atom is 0.407 e. The normalized spacial score (nSPS) is 12.6. The highest BCUT2D eigenvalue weighted by Gasteiger charge is 2.28. The van der Waals surface area contributed by atoms with Gasteiger partial charge in [-0.25, -0.2) is 14.4 Å². The summed E-state index contributed by atoms with van der Waals surface area (Å²) in [6, 6.07) is 37.4. The molecule has 0 spiro atoms. The van der Waals surface area contributed by atoms with Crippen molar-refractivity contribution in [3.63, 3.8) is 0 Å². The van der Waals surface area contributed by atoms with Crippen LogP contribution in [0.15, 0.2) is 176 Å². The minimum Gasteiger partial charge on any atom is -0.444 e. The van der Waals surface area contributed by atoms with E-state index in [9.17, 15) is 28.8 Å². The highest BCUT2D eigenvalue weighted by molar-refractivity contribution is 9.11. The lowest BCUT2D eigenvalue weighted by Gasteiger charge is -2.23. The molecule has 0 bridgehead atoms. The molecule has 6 heterocycles. The van der Waals surface area contributed by atoms with E-state index in [-0.39, 0.29) is 37.4 Å². The molecule has 510 valence electrons. The van der Waals surface area contributed by atoms with Crippen molar-refractivity contribution >= 4 is 165 Å². The first-order valence-electron chi connectivity index (χ1n) is 31.4. The van der Waals surface area contributed by atoms with Gasteiger partial charge >= 0.3 is 18.3 Å². The standard InChI is InChI=1S/C25H26Br2N4O3.C24H24Br2N4O3.C24H26N4O3/c1-25(2,3)34-24(33)29-12-21(18-11-28-20-7-5-14(26)9-16(18)20)30-23(32)19-13-31(4)22-8-6-15(27)10-17(19)22;1-24(2,3)33-23(32)29-12-21(17-10-28-20-9-14(26)4-6-15(17)20)30-22(31)18-11-27-19-7-5-13(25)8-16(18)19;1-24(2,3)31-23(30)27-14-21(17-12-25-19-10-6-4-8-15(17)19)28-22(29)18-13-26-20-11-7-5-9-16(18)20/h5-11,13,21,28H,12H2,1-4H3,(H,29,33)(H,30,32);4-11,21,27-28H,12H2,1-3H3,(H,29,32)(H,30,31);4-13,21,25-26H,14H2,1-3H3,(H,27,30)(H,28,29). The van der Waals surface area contributed by atoms with E-state index < -0.39 is 53.2 Å². The van der Waals surface area contributed by atoms with Gasteiger partial charge < -0.3 is 75.6 Å². The fraction of sp³-hybridized carbons (Fsp3) is 0.260. The Labute approximate surface area is 598 Å². The van der Waals surface area contributed by atoms with Crippen molar-refractivity contribution in [2.24, 2.45) is 7.05 Å². The molecule has 12 rings (SSSR count). The monoisotopic (exact) mass is 1580 g/mol. The number of fused-ring (bicyclic) bond motifs is 6. The molecule has 0 radical (unpaired) electrons. The lowest BCUT2D eigenvalue weighted by Crippen LogP contribution is -2.40. The fourth-order valence-electron chi connectivity index (χ4n) is 11.2. The van der Waals surface area contributed by atoms with Crippen LogP contribution in [0.3, 0.4) is 0 Å². The number of nitrogens with one attached hydrogen (secondary N) is 11. The molecule has 0 aliphatic carbocycles. The Morgan fingerprint density at radius 3 is 1.23 bits per heavy atom. The number of carbonyl (C=O) groups excluding carboxylic acids is 6. The molecule has 21 nitrogen and oxygen atoms in total. The number of para-hydroxylation sites is 2. The third-order valence-electron chi connectivity index (χ3n) is 15.5. The Morgan fingerprint density at radius 1 is 0.388 bits per heavy atom. The Hall–Kier alpha value is -9.30. The molecule has 98 heavy (non-hydrogen) atoms. The number of carbonyl (C=O) groups is 6. The molecule has 3 unspecified atom stereocenters. The topological polar surface area (TPSA) is 286 Å². The van der Waals surface area contributed by atoms with Gasteiger partial charge in [0.15, 0.2) is 0 Å². The van der Waals surface area contributed by atoms with Gasteiger partial charge in [-0.1, -0.05) is 106 Å². The summed E-state index contributed by atoms with van der Waals surface area (Å²) in [4.78, 5) is 92.8. The summed E-state index contributed by atoms with van der Waals surface area (Å²) in [6.07, 6.45) is 9.17. The first-order valence-corrected chi connectivity index (χ1v) is 34.6. The molecule has 0 fully saturated rings. The Kier molecular flexibility index (Phi) is 22.0. The molecule has 6 aromatic carbocycles. The largest absolute Gasteiger partial charge is 0.444 e. The average Bonchev–Trinajstić information content (AvgIpc) is 1.65.